The van der Waals surface area contributed by atoms with E-state index in [9.17, 15) is 9.59 Å². The molecule has 0 aliphatic rings. The van der Waals surface area contributed by atoms with Gasteiger partial charge >= 0.3 is 0 Å². The van der Waals surface area contributed by atoms with E-state index in [1.165, 1.54) is 11.8 Å². The van der Waals surface area contributed by atoms with E-state index in [4.69, 9.17) is 0 Å². The van der Waals surface area contributed by atoms with E-state index >= 15 is 0 Å². The molecule has 0 bridgehead atoms. The van der Waals surface area contributed by atoms with Gasteiger partial charge in [-0.1, -0.05) is 36.0 Å². The molecule has 0 saturated heterocycles. The standard InChI is InChI=1S/C23H24IN5O2S/c1-4-12-29-21(16(3)25-22(31)17-8-6-5-7-9-17)27-28-23(29)32-14-20(30)26-19-11-10-18(24)13-15(19)2/h4-11,13,16H,1,12,14H2,2-3H3,(H,25,31)(H,26,30). The molecule has 9 heteroatoms. The van der Waals surface area contributed by atoms with Gasteiger partial charge in [-0.05, 0) is 72.3 Å². The molecule has 1 heterocycles. The van der Waals surface area contributed by atoms with Crippen LogP contribution in [0.15, 0.2) is 66.3 Å². The highest BCUT2D eigenvalue weighted by atomic mass is 127. The first kappa shape index (κ1) is 24.0. The van der Waals surface area contributed by atoms with Crippen molar-refractivity contribution in [2.45, 2.75) is 31.6 Å². The number of nitrogens with one attached hydrogen (secondary N) is 2. The minimum atomic E-state index is -0.368. The molecule has 0 aliphatic carbocycles. The van der Waals surface area contributed by atoms with Crippen LogP contribution in [0.2, 0.25) is 0 Å². The maximum absolute atomic E-state index is 12.5. The van der Waals surface area contributed by atoms with Crippen molar-refractivity contribution in [2.75, 3.05) is 11.1 Å². The molecule has 3 aromatic rings. The minimum Gasteiger partial charge on any atom is -0.342 e. The van der Waals surface area contributed by atoms with Crippen LogP contribution in [0.25, 0.3) is 0 Å². The number of carbonyl (C=O) groups is 2. The number of rotatable bonds is 9. The summed E-state index contributed by atoms with van der Waals surface area (Å²) in [7, 11) is 0. The third kappa shape index (κ3) is 6.19. The summed E-state index contributed by atoms with van der Waals surface area (Å²) in [6.45, 7) is 8.08. The zero-order valence-corrected chi connectivity index (χ0v) is 20.8. The predicted octanol–water partition coefficient (Wildman–Crippen LogP) is 4.60. The number of anilines is 1. The number of allylic oxidation sites excluding steroid dienone is 1. The zero-order valence-electron chi connectivity index (χ0n) is 17.8. The van der Waals surface area contributed by atoms with Gasteiger partial charge in [0, 0.05) is 21.4 Å². The van der Waals surface area contributed by atoms with Gasteiger partial charge in [0.2, 0.25) is 5.91 Å². The Morgan fingerprint density at radius 2 is 1.97 bits per heavy atom. The van der Waals surface area contributed by atoms with Crippen LogP contribution in [-0.4, -0.2) is 32.3 Å². The largest absolute Gasteiger partial charge is 0.342 e. The number of nitrogens with zero attached hydrogens (tertiary/aromatic N) is 3. The Bertz CT molecular complexity index is 1120. The lowest BCUT2D eigenvalue weighted by Gasteiger charge is -2.15. The van der Waals surface area contributed by atoms with E-state index in [1.807, 2.05) is 54.8 Å². The van der Waals surface area contributed by atoms with Crippen molar-refractivity contribution < 1.29 is 9.59 Å². The monoisotopic (exact) mass is 561 g/mol. The fourth-order valence-electron chi connectivity index (χ4n) is 3.05. The molecule has 1 aromatic heterocycles. The van der Waals surface area contributed by atoms with Crippen LogP contribution in [0.5, 0.6) is 0 Å². The lowest BCUT2D eigenvalue weighted by Crippen LogP contribution is -2.28. The number of amides is 2. The molecule has 0 spiro atoms. The number of hydrogen-bond acceptors (Lipinski definition) is 5. The van der Waals surface area contributed by atoms with Crippen molar-refractivity contribution >= 4 is 51.9 Å². The first-order valence-corrected chi connectivity index (χ1v) is 12.0. The topological polar surface area (TPSA) is 88.9 Å². The predicted molar refractivity (Wildman–Crippen MR) is 136 cm³/mol. The van der Waals surface area contributed by atoms with Crippen molar-refractivity contribution in [3.8, 4) is 0 Å². The fraction of sp³-hybridized carbons (Fsp3) is 0.217. The molecule has 32 heavy (non-hydrogen) atoms. The zero-order chi connectivity index (χ0) is 23.1. The van der Waals surface area contributed by atoms with Crippen LogP contribution < -0.4 is 10.6 Å². The van der Waals surface area contributed by atoms with Gasteiger partial charge in [0.05, 0.1) is 11.8 Å². The van der Waals surface area contributed by atoms with Crippen LogP contribution in [-0.2, 0) is 11.3 Å². The number of thioether (sulfide) groups is 1. The molecule has 1 unspecified atom stereocenters. The molecule has 3 rings (SSSR count). The third-order valence-corrected chi connectivity index (χ3v) is 6.26. The third-order valence-electron chi connectivity index (χ3n) is 4.62. The summed E-state index contributed by atoms with van der Waals surface area (Å²) in [5.41, 5.74) is 2.38. The number of carbonyl (C=O) groups excluding carboxylic acids is 2. The lowest BCUT2D eigenvalue weighted by molar-refractivity contribution is -0.113. The van der Waals surface area contributed by atoms with Gasteiger partial charge in [0.15, 0.2) is 11.0 Å². The van der Waals surface area contributed by atoms with Crippen molar-refractivity contribution in [3.05, 3.63) is 81.7 Å². The summed E-state index contributed by atoms with van der Waals surface area (Å²) in [5.74, 6) is 0.476. The van der Waals surface area contributed by atoms with E-state index in [0.717, 1.165) is 14.8 Å². The normalized spacial score (nSPS) is 11.6. The number of hydrogen-bond donors (Lipinski definition) is 2. The summed E-state index contributed by atoms with van der Waals surface area (Å²) in [6, 6.07) is 14.5. The van der Waals surface area contributed by atoms with Crippen molar-refractivity contribution in [3.63, 3.8) is 0 Å². The van der Waals surface area contributed by atoms with Crippen LogP contribution in [0.3, 0.4) is 0 Å². The minimum absolute atomic E-state index is 0.126. The summed E-state index contributed by atoms with van der Waals surface area (Å²) in [5, 5.41) is 15.0. The van der Waals surface area contributed by atoms with E-state index < -0.39 is 0 Å². The maximum Gasteiger partial charge on any atom is 0.251 e. The van der Waals surface area contributed by atoms with Gasteiger partial charge in [-0.2, -0.15) is 0 Å². The Hall–Kier alpha value is -2.66. The average molecular weight is 561 g/mol. The number of aryl methyl sites for hydroxylation is 1. The number of benzene rings is 2. The molecule has 0 saturated carbocycles. The Morgan fingerprint density at radius 3 is 2.66 bits per heavy atom. The second-order valence-corrected chi connectivity index (χ2v) is 9.29. The van der Waals surface area contributed by atoms with Crippen molar-refractivity contribution in [1.82, 2.24) is 20.1 Å². The van der Waals surface area contributed by atoms with Gasteiger partial charge in [-0.3, -0.25) is 9.59 Å². The van der Waals surface area contributed by atoms with Gasteiger partial charge in [0.25, 0.3) is 5.91 Å². The second kappa shape index (κ2) is 11.3. The molecule has 0 fully saturated rings. The van der Waals surface area contributed by atoms with Crippen LogP contribution in [0.1, 0.15) is 34.7 Å². The fourth-order valence-corrected chi connectivity index (χ4v) is 4.45. The van der Waals surface area contributed by atoms with E-state index in [1.54, 1.807) is 18.2 Å². The molecule has 7 nitrogen and oxygen atoms in total. The lowest BCUT2D eigenvalue weighted by atomic mass is 10.2. The molecule has 0 radical (unpaired) electrons. The SMILES string of the molecule is C=CCn1c(SCC(=O)Nc2ccc(I)cc2C)nnc1C(C)NC(=O)c1ccccc1. The average Bonchev–Trinajstić information content (AvgIpc) is 3.18. The molecule has 166 valence electrons. The van der Waals surface area contributed by atoms with Crippen LogP contribution in [0, 0.1) is 10.5 Å². The number of halogens is 1. The van der Waals surface area contributed by atoms with E-state index in [2.05, 4.69) is 50.0 Å². The molecule has 2 aromatic carbocycles. The molecule has 2 amide bonds. The number of aromatic nitrogens is 3. The molecular formula is C23H24IN5O2S. The smallest absolute Gasteiger partial charge is 0.251 e. The van der Waals surface area contributed by atoms with Crippen LogP contribution in [0.4, 0.5) is 5.69 Å². The Labute approximate surface area is 205 Å². The van der Waals surface area contributed by atoms with Gasteiger partial charge in [-0.15, -0.1) is 16.8 Å². The summed E-state index contributed by atoms with van der Waals surface area (Å²) in [6.07, 6.45) is 1.73. The van der Waals surface area contributed by atoms with Crippen molar-refractivity contribution in [1.29, 1.82) is 0 Å². The second-order valence-electron chi connectivity index (χ2n) is 7.10. The highest BCUT2D eigenvalue weighted by Gasteiger charge is 2.20. The quantitative estimate of drug-likeness (QED) is 0.227. The van der Waals surface area contributed by atoms with E-state index in [-0.39, 0.29) is 23.6 Å². The highest BCUT2D eigenvalue weighted by molar-refractivity contribution is 14.1. The summed E-state index contributed by atoms with van der Waals surface area (Å²) in [4.78, 5) is 25.0. The van der Waals surface area contributed by atoms with E-state index in [0.29, 0.717) is 23.1 Å². The highest BCUT2D eigenvalue weighted by Crippen LogP contribution is 2.22. The van der Waals surface area contributed by atoms with Gasteiger partial charge in [0.1, 0.15) is 0 Å². The molecular weight excluding hydrogens is 537 g/mol. The maximum atomic E-state index is 12.5. The Morgan fingerprint density at radius 1 is 1.22 bits per heavy atom. The first-order valence-electron chi connectivity index (χ1n) is 9.97. The van der Waals surface area contributed by atoms with Gasteiger partial charge in [-0.25, -0.2) is 0 Å². The van der Waals surface area contributed by atoms with Gasteiger partial charge < -0.3 is 15.2 Å². The van der Waals surface area contributed by atoms with Crippen LogP contribution >= 0.6 is 34.4 Å². The molecule has 1 atom stereocenters. The Kier molecular flexibility index (Phi) is 8.46. The molecule has 0 aliphatic heterocycles. The first-order chi connectivity index (χ1) is 15.4. The Balaban J connectivity index is 1.66. The molecule has 2 N–H and O–H groups in total. The summed E-state index contributed by atoms with van der Waals surface area (Å²) < 4.78 is 2.97. The van der Waals surface area contributed by atoms with Crippen molar-refractivity contribution in [2.24, 2.45) is 0 Å². The summed E-state index contributed by atoms with van der Waals surface area (Å²) >= 11 is 3.53.